The summed E-state index contributed by atoms with van der Waals surface area (Å²) in [5.41, 5.74) is 0. The molecule has 0 spiro atoms. The van der Waals surface area contributed by atoms with Gasteiger partial charge in [-0.3, -0.25) is 4.98 Å². The van der Waals surface area contributed by atoms with E-state index in [4.69, 9.17) is 4.74 Å². The van der Waals surface area contributed by atoms with Crippen molar-refractivity contribution in [2.45, 2.75) is 32.1 Å². The first-order valence-electron chi connectivity index (χ1n) is 6.41. The highest BCUT2D eigenvalue weighted by atomic mass is 32.2. The number of aliphatic hydroxyl groups excluding tert-OH is 1. The molecule has 2 N–H and O–H groups in total. The molecule has 0 aliphatic rings. The quantitative estimate of drug-likeness (QED) is 0.762. The molecule has 0 aliphatic carbocycles. The van der Waals surface area contributed by atoms with Crippen molar-refractivity contribution >= 4 is 17.6 Å². The van der Waals surface area contributed by atoms with Crippen molar-refractivity contribution in [1.82, 2.24) is 9.97 Å². The summed E-state index contributed by atoms with van der Waals surface area (Å²) in [5, 5.41) is 12.6. The van der Waals surface area contributed by atoms with Crippen molar-refractivity contribution in [3.8, 4) is 5.88 Å². The monoisotopic (exact) mass is 285 g/mol. The molecule has 1 aromatic rings. The minimum atomic E-state index is 0.106. The molecule has 0 aliphatic heterocycles. The molecule has 1 aromatic heterocycles. The van der Waals surface area contributed by atoms with Crippen LogP contribution >= 0.6 is 11.8 Å². The van der Waals surface area contributed by atoms with Crippen LogP contribution in [0.5, 0.6) is 5.88 Å². The first-order valence-corrected chi connectivity index (χ1v) is 7.70. The molecule has 1 heterocycles. The molecule has 19 heavy (non-hydrogen) atoms. The van der Waals surface area contributed by atoms with Gasteiger partial charge in [0.25, 0.3) is 0 Å². The summed E-state index contributed by atoms with van der Waals surface area (Å²) in [6.07, 6.45) is 5.25. The highest BCUT2D eigenvalue weighted by molar-refractivity contribution is 7.99. The summed E-state index contributed by atoms with van der Waals surface area (Å²) in [6, 6.07) is 0.106. The van der Waals surface area contributed by atoms with Gasteiger partial charge in [0.05, 0.1) is 25.6 Å². The van der Waals surface area contributed by atoms with Gasteiger partial charge in [-0.05, 0) is 19.1 Å². The number of nitrogens with one attached hydrogen (secondary N) is 1. The molecule has 0 saturated heterocycles. The van der Waals surface area contributed by atoms with Gasteiger partial charge in [-0.15, -0.1) is 0 Å². The fraction of sp³-hybridized carbons (Fsp3) is 0.692. The van der Waals surface area contributed by atoms with Gasteiger partial charge in [-0.1, -0.05) is 13.8 Å². The Labute approximate surface area is 119 Å². The van der Waals surface area contributed by atoms with E-state index < -0.39 is 0 Å². The van der Waals surface area contributed by atoms with E-state index in [-0.39, 0.29) is 17.9 Å². The number of aliphatic hydroxyl groups is 1. The van der Waals surface area contributed by atoms with Gasteiger partial charge in [0.15, 0.2) is 0 Å². The summed E-state index contributed by atoms with van der Waals surface area (Å²) in [6.45, 7) is 6.94. The van der Waals surface area contributed by atoms with Gasteiger partial charge in [0.1, 0.15) is 5.82 Å². The molecule has 1 rings (SSSR count). The van der Waals surface area contributed by atoms with Crippen LogP contribution in [-0.4, -0.2) is 45.8 Å². The highest BCUT2D eigenvalue weighted by Gasteiger charge is 2.15. The number of anilines is 1. The van der Waals surface area contributed by atoms with Gasteiger partial charge < -0.3 is 15.2 Å². The lowest BCUT2D eigenvalue weighted by Gasteiger charge is -2.21. The van der Waals surface area contributed by atoms with Crippen molar-refractivity contribution in [3.05, 3.63) is 12.4 Å². The molecule has 0 saturated carbocycles. The molecule has 2 atom stereocenters. The lowest BCUT2D eigenvalue weighted by molar-refractivity contribution is 0.260. The topological polar surface area (TPSA) is 67.3 Å². The zero-order valence-electron chi connectivity index (χ0n) is 12.0. The highest BCUT2D eigenvalue weighted by Crippen LogP contribution is 2.16. The Balaban J connectivity index is 2.61. The third-order valence-electron chi connectivity index (χ3n) is 2.59. The maximum atomic E-state index is 9.25. The summed E-state index contributed by atoms with van der Waals surface area (Å²) in [4.78, 5) is 8.46. The van der Waals surface area contributed by atoms with E-state index in [1.165, 1.54) is 0 Å². The van der Waals surface area contributed by atoms with Crippen LogP contribution in [0.15, 0.2) is 12.4 Å². The van der Waals surface area contributed by atoms with Crippen LogP contribution < -0.4 is 10.1 Å². The number of aromatic nitrogens is 2. The Morgan fingerprint density at radius 2 is 2.11 bits per heavy atom. The Morgan fingerprint density at radius 3 is 2.68 bits per heavy atom. The zero-order chi connectivity index (χ0) is 14.3. The third-order valence-corrected chi connectivity index (χ3v) is 3.76. The lowest BCUT2D eigenvalue weighted by atomic mass is 10.2. The summed E-state index contributed by atoms with van der Waals surface area (Å²) >= 11 is 1.62. The molecule has 0 bridgehead atoms. The Hall–Kier alpha value is -1.01. The molecule has 0 amide bonds. The molecule has 0 aromatic carbocycles. The molecule has 0 fully saturated rings. The van der Waals surface area contributed by atoms with Gasteiger partial charge in [0.2, 0.25) is 5.88 Å². The van der Waals surface area contributed by atoms with Crippen molar-refractivity contribution < 1.29 is 9.84 Å². The number of hydrogen-bond acceptors (Lipinski definition) is 6. The fourth-order valence-electron chi connectivity index (χ4n) is 1.50. The summed E-state index contributed by atoms with van der Waals surface area (Å²) in [7, 11) is 0. The van der Waals surface area contributed by atoms with Crippen molar-refractivity contribution in [3.63, 3.8) is 0 Å². The third kappa shape index (κ3) is 5.65. The number of hydrogen-bond donors (Lipinski definition) is 2. The van der Waals surface area contributed by atoms with Gasteiger partial charge >= 0.3 is 0 Å². The molecule has 6 heteroatoms. The predicted molar refractivity (Wildman–Crippen MR) is 79.8 cm³/mol. The van der Waals surface area contributed by atoms with Gasteiger partial charge in [-0.25, -0.2) is 0 Å². The van der Waals surface area contributed by atoms with Crippen LogP contribution in [0.3, 0.4) is 0 Å². The van der Waals surface area contributed by atoms with Crippen LogP contribution in [0.2, 0.25) is 0 Å². The van der Waals surface area contributed by atoms with Gasteiger partial charge in [-0.2, -0.15) is 16.7 Å². The first kappa shape index (κ1) is 16.0. The minimum absolute atomic E-state index is 0.106. The van der Waals surface area contributed by atoms with Crippen LogP contribution in [0, 0.1) is 5.92 Å². The molecular weight excluding hydrogens is 262 g/mol. The number of rotatable bonds is 8. The normalized spacial score (nSPS) is 14.2. The number of thioether (sulfide) groups is 1. The second-order valence-electron chi connectivity index (χ2n) is 4.84. The van der Waals surface area contributed by atoms with Crippen LogP contribution in [0.25, 0.3) is 0 Å². The fourth-order valence-corrected chi connectivity index (χ4v) is 2.13. The Morgan fingerprint density at radius 1 is 1.37 bits per heavy atom. The summed E-state index contributed by atoms with van der Waals surface area (Å²) in [5.74, 6) is 1.64. The summed E-state index contributed by atoms with van der Waals surface area (Å²) < 4.78 is 5.53. The largest absolute Gasteiger partial charge is 0.476 e. The van der Waals surface area contributed by atoms with E-state index in [0.29, 0.717) is 24.2 Å². The number of ether oxygens (including phenoxy) is 1. The second kappa shape index (κ2) is 8.22. The SMILES string of the molecule is CS[C@@H](CO)[C@@H](C)Nc1cncc(OCC(C)C)n1. The van der Waals surface area contributed by atoms with Crippen molar-refractivity contribution in [2.75, 3.05) is 24.8 Å². The van der Waals surface area contributed by atoms with E-state index in [1.54, 1.807) is 24.2 Å². The van der Waals surface area contributed by atoms with E-state index >= 15 is 0 Å². The lowest BCUT2D eigenvalue weighted by Crippen LogP contribution is -2.31. The van der Waals surface area contributed by atoms with Crippen LogP contribution in [0.1, 0.15) is 20.8 Å². The molecular formula is C13H23N3O2S. The molecule has 0 unspecified atom stereocenters. The van der Waals surface area contributed by atoms with E-state index in [0.717, 1.165) is 0 Å². The Kier molecular flexibility index (Phi) is 6.94. The van der Waals surface area contributed by atoms with Crippen molar-refractivity contribution in [1.29, 1.82) is 0 Å². The maximum Gasteiger partial charge on any atom is 0.234 e. The molecule has 0 radical (unpaired) electrons. The zero-order valence-corrected chi connectivity index (χ0v) is 12.8. The van der Waals surface area contributed by atoms with Crippen LogP contribution in [0.4, 0.5) is 5.82 Å². The van der Waals surface area contributed by atoms with Crippen molar-refractivity contribution in [2.24, 2.45) is 5.92 Å². The maximum absolute atomic E-state index is 9.25. The Bertz CT molecular complexity index is 373. The molecule has 108 valence electrons. The van der Waals surface area contributed by atoms with E-state index in [2.05, 4.69) is 29.1 Å². The molecule has 5 nitrogen and oxygen atoms in total. The van der Waals surface area contributed by atoms with E-state index in [1.807, 2.05) is 13.2 Å². The van der Waals surface area contributed by atoms with Gasteiger partial charge in [0, 0.05) is 11.3 Å². The smallest absolute Gasteiger partial charge is 0.234 e. The minimum Gasteiger partial charge on any atom is -0.476 e. The number of nitrogens with zero attached hydrogens (tertiary/aromatic N) is 2. The predicted octanol–water partition coefficient (Wildman–Crippen LogP) is 2.04. The standard InChI is InChI=1S/C13H23N3O2S/c1-9(2)8-18-13-6-14-5-12(16-13)15-10(3)11(7-17)19-4/h5-6,9-11,17H,7-8H2,1-4H3,(H,15,16)/t10-,11+/m1/s1. The average molecular weight is 285 g/mol. The van der Waals surface area contributed by atoms with Crippen LogP contribution in [-0.2, 0) is 0 Å². The first-order chi connectivity index (χ1) is 9.06. The van der Waals surface area contributed by atoms with E-state index in [9.17, 15) is 5.11 Å². The second-order valence-corrected chi connectivity index (χ2v) is 5.91. The average Bonchev–Trinajstić information content (AvgIpc) is 2.38.